The summed E-state index contributed by atoms with van der Waals surface area (Å²) in [7, 11) is 3.81. The summed E-state index contributed by atoms with van der Waals surface area (Å²) >= 11 is 0. The van der Waals surface area contributed by atoms with Gasteiger partial charge in [-0.1, -0.05) is 64.6 Å². The number of carbonyl (C=O) groups is 5. The fraction of sp³-hybridized carbons (Fsp3) is 0.649. The Morgan fingerprint density at radius 1 is 0.894 bits per heavy atom. The first kappa shape index (κ1) is 34.8. The van der Waals surface area contributed by atoms with E-state index in [0.29, 0.717) is 18.4 Å². The van der Waals surface area contributed by atoms with Gasteiger partial charge in [0, 0.05) is 55.9 Å². The molecule has 10 nitrogen and oxygen atoms in total. The van der Waals surface area contributed by atoms with E-state index < -0.39 is 81.8 Å². The normalized spacial score (nSPS) is 37.4. The van der Waals surface area contributed by atoms with Gasteiger partial charge in [0.25, 0.3) is 0 Å². The largest absolute Gasteiger partial charge is 0.461 e. The molecule has 2 bridgehead atoms. The molecule has 1 aromatic rings. The molecule has 256 valence electrons. The minimum atomic E-state index is -1.27. The van der Waals surface area contributed by atoms with Crippen molar-refractivity contribution < 1.29 is 42.9 Å². The number of fused-ring (bicyclic) bond motifs is 1. The van der Waals surface area contributed by atoms with E-state index in [1.165, 1.54) is 20.8 Å². The number of esters is 4. The van der Waals surface area contributed by atoms with E-state index >= 15 is 0 Å². The van der Waals surface area contributed by atoms with Crippen molar-refractivity contribution in [3.8, 4) is 0 Å². The molecule has 4 saturated carbocycles. The molecule has 1 aromatic carbocycles. The Bertz CT molecular complexity index is 1490. The van der Waals surface area contributed by atoms with E-state index in [0.717, 1.165) is 5.56 Å². The molecule has 0 amide bonds. The molecule has 10 unspecified atom stereocenters. The Morgan fingerprint density at radius 3 is 2.00 bits per heavy atom. The molecule has 0 radical (unpaired) electrons. The second-order valence-electron chi connectivity index (χ2n) is 15.0. The number of hydrogen-bond donors (Lipinski definition) is 0. The van der Waals surface area contributed by atoms with Gasteiger partial charge in [-0.15, -0.1) is 0 Å². The molecule has 0 saturated heterocycles. The molecule has 0 aromatic heterocycles. The molecule has 4 aliphatic carbocycles. The maximum atomic E-state index is 14.0. The molecule has 5 rings (SSSR count). The standard InChI is InChI=1S/C37H49NO9/c1-20-28(42)18-26-31(44-22(3)39)37-21(2)29(47-30(43)19-27(38(9)10)25-14-12-11-13-15-25)16-17-35(37,8)32(45-23(4)40)33(46-24(5)41)36(20,37)34(26,6)7/h11-15,20,26-27,29,31-33H,2,16-19H2,1,3-10H3. The van der Waals surface area contributed by atoms with Crippen molar-refractivity contribution in [3.05, 3.63) is 48.0 Å². The van der Waals surface area contributed by atoms with E-state index in [1.54, 1.807) is 0 Å². The monoisotopic (exact) mass is 651 g/mol. The number of benzene rings is 1. The number of ether oxygens (including phenoxy) is 4. The lowest BCUT2D eigenvalue weighted by Crippen LogP contribution is -2.63. The van der Waals surface area contributed by atoms with Crippen LogP contribution >= 0.6 is 0 Å². The zero-order chi connectivity index (χ0) is 34.9. The third kappa shape index (κ3) is 4.71. The summed E-state index contributed by atoms with van der Waals surface area (Å²) in [6.07, 6.45) is -2.79. The Kier molecular flexibility index (Phi) is 8.78. The van der Waals surface area contributed by atoms with E-state index in [4.69, 9.17) is 18.9 Å². The molecule has 10 atom stereocenters. The van der Waals surface area contributed by atoms with Crippen molar-refractivity contribution in [3.63, 3.8) is 0 Å². The summed E-state index contributed by atoms with van der Waals surface area (Å²) in [5.41, 5.74) is -2.82. The van der Waals surface area contributed by atoms with E-state index in [9.17, 15) is 24.0 Å². The van der Waals surface area contributed by atoms with Crippen LogP contribution in [0.4, 0.5) is 0 Å². The van der Waals surface area contributed by atoms with Gasteiger partial charge in [-0.2, -0.15) is 0 Å². The molecule has 47 heavy (non-hydrogen) atoms. The highest BCUT2D eigenvalue weighted by atomic mass is 16.6. The molecular weight excluding hydrogens is 602 g/mol. The Labute approximate surface area is 277 Å². The summed E-state index contributed by atoms with van der Waals surface area (Å²) in [5, 5.41) is 0. The average Bonchev–Trinajstić information content (AvgIpc) is 3.22. The molecule has 2 spiro atoms. The van der Waals surface area contributed by atoms with Gasteiger partial charge in [0.2, 0.25) is 0 Å². The highest BCUT2D eigenvalue weighted by Crippen LogP contribution is 2.86. The van der Waals surface area contributed by atoms with Crippen LogP contribution in [0.2, 0.25) is 0 Å². The van der Waals surface area contributed by atoms with Crippen LogP contribution in [0.5, 0.6) is 0 Å². The predicted molar refractivity (Wildman–Crippen MR) is 171 cm³/mol. The van der Waals surface area contributed by atoms with Crippen molar-refractivity contribution in [1.82, 2.24) is 4.90 Å². The highest BCUT2D eigenvalue weighted by molar-refractivity contribution is 5.86. The van der Waals surface area contributed by atoms with Crippen molar-refractivity contribution in [2.45, 2.75) is 105 Å². The predicted octanol–water partition coefficient (Wildman–Crippen LogP) is 4.99. The number of Topliss-reactive ketones (excluding diaryl/α,β-unsaturated/α-hetero) is 1. The first-order valence-corrected chi connectivity index (χ1v) is 16.5. The zero-order valence-corrected chi connectivity index (χ0v) is 29.1. The Balaban J connectivity index is 1.69. The molecule has 0 N–H and O–H groups in total. The summed E-state index contributed by atoms with van der Waals surface area (Å²) in [4.78, 5) is 68.3. The Morgan fingerprint density at radius 2 is 1.45 bits per heavy atom. The lowest BCUT2D eigenvalue weighted by molar-refractivity contribution is -0.194. The molecule has 4 aliphatic rings. The van der Waals surface area contributed by atoms with Crippen LogP contribution in [0.3, 0.4) is 0 Å². The number of rotatable bonds is 8. The molecule has 4 fully saturated rings. The number of hydrogen-bond acceptors (Lipinski definition) is 10. The molecule has 0 heterocycles. The minimum absolute atomic E-state index is 0.0602. The average molecular weight is 652 g/mol. The fourth-order valence-electron chi connectivity index (χ4n) is 10.9. The van der Waals surface area contributed by atoms with Gasteiger partial charge in [-0.3, -0.25) is 24.0 Å². The van der Waals surface area contributed by atoms with Gasteiger partial charge in [-0.05, 0) is 43.5 Å². The Hall–Kier alpha value is -3.53. The lowest BCUT2D eigenvalue weighted by Gasteiger charge is -2.60. The van der Waals surface area contributed by atoms with Crippen molar-refractivity contribution >= 4 is 29.7 Å². The SMILES string of the molecule is C=C1C(OC(=O)CC(c2ccccc2)N(C)C)CCC2(C)C(OC(C)=O)C(OC(C)=O)C34C(C)C(=O)CC(C(OC(C)=O)C123)C4(C)C. The summed E-state index contributed by atoms with van der Waals surface area (Å²) in [5.74, 6) is -3.34. The van der Waals surface area contributed by atoms with Gasteiger partial charge in [0.15, 0.2) is 0 Å². The van der Waals surface area contributed by atoms with Crippen molar-refractivity contribution in [2.75, 3.05) is 14.1 Å². The van der Waals surface area contributed by atoms with Crippen LogP contribution in [0, 0.1) is 33.5 Å². The van der Waals surface area contributed by atoms with Gasteiger partial charge >= 0.3 is 23.9 Å². The second-order valence-corrected chi connectivity index (χ2v) is 15.0. The third-order valence-corrected chi connectivity index (χ3v) is 12.4. The molecule has 0 aliphatic heterocycles. The van der Waals surface area contributed by atoms with Crippen molar-refractivity contribution in [2.24, 2.45) is 33.5 Å². The van der Waals surface area contributed by atoms with Crippen LogP contribution in [0.25, 0.3) is 0 Å². The summed E-state index contributed by atoms with van der Waals surface area (Å²) in [6, 6.07) is 9.48. The maximum Gasteiger partial charge on any atom is 0.308 e. The summed E-state index contributed by atoms with van der Waals surface area (Å²) in [6.45, 7) is 16.4. The molecular formula is C37H49NO9. The van der Waals surface area contributed by atoms with Crippen LogP contribution in [0.1, 0.15) is 85.8 Å². The van der Waals surface area contributed by atoms with E-state index in [-0.39, 0.29) is 24.7 Å². The third-order valence-electron chi connectivity index (χ3n) is 12.4. The van der Waals surface area contributed by atoms with Crippen LogP contribution in [-0.2, 0) is 42.9 Å². The van der Waals surface area contributed by atoms with E-state index in [1.807, 2.05) is 77.0 Å². The number of ketones is 1. The van der Waals surface area contributed by atoms with Crippen LogP contribution in [0.15, 0.2) is 42.5 Å². The lowest BCUT2D eigenvalue weighted by atomic mass is 9.42. The fourth-order valence-corrected chi connectivity index (χ4v) is 10.9. The quantitative estimate of drug-likeness (QED) is 0.216. The first-order valence-electron chi connectivity index (χ1n) is 16.5. The smallest absolute Gasteiger partial charge is 0.308 e. The first-order chi connectivity index (χ1) is 21.9. The highest BCUT2D eigenvalue weighted by Gasteiger charge is 2.92. The zero-order valence-electron chi connectivity index (χ0n) is 29.1. The topological polar surface area (TPSA) is 126 Å². The summed E-state index contributed by atoms with van der Waals surface area (Å²) < 4.78 is 24.9. The maximum absolute atomic E-state index is 14.0. The number of carbonyl (C=O) groups excluding carboxylic acids is 5. The van der Waals surface area contributed by atoms with E-state index in [2.05, 4.69) is 6.58 Å². The van der Waals surface area contributed by atoms with Gasteiger partial charge in [0.05, 0.1) is 11.8 Å². The van der Waals surface area contributed by atoms with Crippen molar-refractivity contribution in [1.29, 1.82) is 0 Å². The van der Waals surface area contributed by atoms with Crippen LogP contribution in [-0.4, -0.2) is 73.1 Å². The molecule has 10 heteroatoms. The van der Waals surface area contributed by atoms with Gasteiger partial charge in [0.1, 0.15) is 30.2 Å². The van der Waals surface area contributed by atoms with Gasteiger partial charge < -0.3 is 23.8 Å². The van der Waals surface area contributed by atoms with Crippen LogP contribution < -0.4 is 0 Å². The second kappa shape index (κ2) is 11.9. The minimum Gasteiger partial charge on any atom is -0.461 e. The number of nitrogens with zero attached hydrogens (tertiary/aromatic N) is 1. The van der Waals surface area contributed by atoms with Gasteiger partial charge in [-0.25, -0.2) is 0 Å².